The Labute approximate surface area is 120 Å². The van der Waals surface area contributed by atoms with Crippen molar-refractivity contribution >= 4 is 33.2 Å². The lowest BCUT2D eigenvalue weighted by Gasteiger charge is -2.10. The Morgan fingerprint density at radius 1 is 1.26 bits per heavy atom. The van der Waals surface area contributed by atoms with Gasteiger partial charge in [-0.05, 0) is 44.2 Å². The third kappa shape index (κ3) is 3.12. The standard InChI is InChI=1S/C14H14BrN3O/c1-8-3-6-13(9(2)17-8)18-14(19)11-5-4-10(15)7-12(11)16/h3-7H,16H2,1-2H3,(H,18,19). The molecule has 0 aliphatic rings. The van der Waals surface area contributed by atoms with Gasteiger partial charge in [-0.15, -0.1) is 0 Å². The zero-order valence-electron chi connectivity index (χ0n) is 10.7. The first-order chi connectivity index (χ1) is 8.97. The fourth-order valence-electron chi connectivity index (χ4n) is 1.75. The van der Waals surface area contributed by atoms with Crippen molar-refractivity contribution in [2.45, 2.75) is 13.8 Å². The molecule has 2 aromatic rings. The molecule has 4 nitrogen and oxygen atoms in total. The van der Waals surface area contributed by atoms with Crippen LogP contribution in [0.15, 0.2) is 34.8 Å². The molecular formula is C14H14BrN3O. The number of nitrogens with two attached hydrogens (primary N) is 1. The van der Waals surface area contributed by atoms with Gasteiger partial charge in [-0.2, -0.15) is 0 Å². The average Bonchev–Trinajstić information content (AvgIpc) is 2.32. The van der Waals surface area contributed by atoms with Crippen LogP contribution in [0.1, 0.15) is 21.7 Å². The Balaban J connectivity index is 2.25. The highest BCUT2D eigenvalue weighted by Crippen LogP contribution is 2.20. The molecule has 0 aliphatic carbocycles. The maximum atomic E-state index is 12.1. The van der Waals surface area contributed by atoms with Gasteiger partial charge in [0, 0.05) is 15.9 Å². The van der Waals surface area contributed by atoms with Crippen LogP contribution in [-0.4, -0.2) is 10.9 Å². The second kappa shape index (κ2) is 5.40. The predicted octanol–water partition coefficient (Wildman–Crippen LogP) is 3.30. The normalized spacial score (nSPS) is 10.3. The maximum Gasteiger partial charge on any atom is 0.257 e. The molecule has 2 rings (SSSR count). The number of pyridine rings is 1. The van der Waals surface area contributed by atoms with E-state index in [0.29, 0.717) is 16.9 Å². The third-order valence-corrected chi connectivity index (χ3v) is 3.22. The minimum Gasteiger partial charge on any atom is -0.398 e. The molecule has 1 heterocycles. The van der Waals surface area contributed by atoms with Gasteiger partial charge >= 0.3 is 0 Å². The molecule has 98 valence electrons. The summed E-state index contributed by atoms with van der Waals surface area (Å²) in [4.78, 5) is 16.5. The second-order valence-corrected chi connectivity index (χ2v) is 5.19. The van der Waals surface area contributed by atoms with E-state index in [1.165, 1.54) is 0 Å². The van der Waals surface area contributed by atoms with E-state index in [-0.39, 0.29) is 5.91 Å². The molecule has 3 N–H and O–H groups in total. The molecule has 0 spiro atoms. The number of aromatic nitrogens is 1. The smallest absolute Gasteiger partial charge is 0.257 e. The molecule has 1 amide bonds. The molecular weight excluding hydrogens is 306 g/mol. The topological polar surface area (TPSA) is 68.0 Å². The number of rotatable bonds is 2. The largest absolute Gasteiger partial charge is 0.398 e. The molecule has 0 saturated heterocycles. The number of hydrogen-bond acceptors (Lipinski definition) is 3. The molecule has 0 aliphatic heterocycles. The Morgan fingerprint density at radius 2 is 2.00 bits per heavy atom. The lowest BCUT2D eigenvalue weighted by molar-refractivity contribution is 0.102. The Morgan fingerprint density at radius 3 is 2.63 bits per heavy atom. The van der Waals surface area contributed by atoms with Gasteiger partial charge in [0.25, 0.3) is 5.91 Å². The van der Waals surface area contributed by atoms with E-state index in [9.17, 15) is 4.79 Å². The van der Waals surface area contributed by atoms with Gasteiger partial charge in [0.15, 0.2) is 0 Å². The van der Waals surface area contributed by atoms with Crippen LogP contribution < -0.4 is 11.1 Å². The number of amides is 1. The van der Waals surface area contributed by atoms with Crippen LogP contribution in [0.5, 0.6) is 0 Å². The number of carbonyl (C=O) groups excluding carboxylic acids is 1. The molecule has 0 radical (unpaired) electrons. The predicted molar refractivity (Wildman–Crippen MR) is 80.2 cm³/mol. The van der Waals surface area contributed by atoms with Crippen LogP contribution in [0, 0.1) is 13.8 Å². The van der Waals surface area contributed by atoms with Gasteiger partial charge in [0.2, 0.25) is 0 Å². The van der Waals surface area contributed by atoms with Crippen molar-refractivity contribution in [1.82, 2.24) is 4.98 Å². The lowest BCUT2D eigenvalue weighted by atomic mass is 10.1. The first-order valence-electron chi connectivity index (χ1n) is 5.78. The van der Waals surface area contributed by atoms with Crippen molar-refractivity contribution in [3.8, 4) is 0 Å². The van der Waals surface area contributed by atoms with Gasteiger partial charge in [-0.3, -0.25) is 9.78 Å². The molecule has 0 bridgehead atoms. The van der Waals surface area contributed by atoms with Crippen molar-refractivity contribution in [2.24, 2.45) is 0 Å². The highest BCUT2D eigenvalue weighted by atomic mass is 79.9. The fraction of sp³-hybridized carbons (Fsp3) is 0.143. The second-order valence-electron chi connectivity index (χ2n) is 4.27. The van der Waals surface area contributed by atoms with Crippen LogP contribution in [0.3, 0.4) is 0 Å². The molecule has 0 fully saturated rings. The number of nitrogens with one attached hydrogen (secondary N) is 1. The molecule has 1 aromatic heterocycles. The van der Waals surface area contributed by atoms with Crippen molar-refractivity contribution in [1.29, 1.82) is 0 Å². The first kappa shape index (κ1) is 13.5. The quantitative estimate of drug-likeness (QED) is 0.834. The summed E-state index contributed by atoms with van der Waals surface area (Å²) in [5.74, 6) is -0.237. The highest BCUT2D eigenvalue weighted by Gasteiger charge is 2.11. The summed E-state index contributed by atoms with van der Waals surface area (Å²) in [6, 6.07) is 8.87. The summed E-state index contributed by atoms with van der Waals surface area (Å²) in [7, 11) is 0. The zero-order chi connectivity index (χ0) is 14.0. The summed E-state index contributed by atoms with van der Waals surface area (Å²) in [6.07, 6.45) is 0. The van der Waals surface area contributed by atoms with E-state index in [1.807, 2.05) is 26.0 Å². The van der Waals surface area contributed by atoms with Crippen LogP contribution in [0.2, 0.25) is 0 Å². The molecule has 0 saturated carbocycles. The molecule has 1 aromatic carbocycles. The summed E-state index contributed by atoms with van der Waals surface area (Å²) in [6.45, 7) is 3.76. The monoisotopic (exact) mass is 319 g/mol. The first-order valence-corrected chi connectivity index (χ1v) is 6.57. The van der Waals surface area contributed by atoms with Gasteiger partial charge in [-0.25, -0.2) is 0 Å². The van der Waals surface area contributed by atoms with E-state index >= 15 is 0 Å². The molecule has 0 unspecified atom stereocenters. The minimum absolute atomic E-state index is 0.237. The maximum absolute atomic E-state index is 12.1. The molecule has 5 heteroatoms. The average molecular weight is 320 g/mol. The number of halogens is 1. The number of nitrogen functional groups attached to an aromatic ring is 1. The number of aryl methyl sites for hydroxylation is 2. The van der Waals surface area contributed by atoms with Gasteiger partial charge in [-0.1, -0.05) is 15.9 Å². The Hall–Kier alpha value is -1.88. The summed E-state index contributed by atoms with van der Waals surface area (Å²) in [5, 5.41) is 2.82. The fourth-order valence-corrected chi connectivity index (χ4v) is 2.13. The van der Waals surface area contributed by atoms with Crippen LogP contribution in [0.4, 0.5) is 11.4 Å². The highest BCUT2D eigenvalue weighted by molar-refractivity contribution is 9.10. The number of nitrogens with zero attached hydrogens (tertiary/aromatic N) is 1. The number of hydrogen-bond donors (Lipinski definition) is 2. The Bertz CT molecular complexity index is 641. The van der Waals surface area contributed by atoms with Gasteiger partial charge in [0.05, 0.1) is 16.9 Å². The van der Waals surface area contributed by atoms with Crippen molar-refractivity contribution in [3.63, 3.8) is 0 Å². The number of benzene rings is 1. The van der Waals surface area contributed by atoms with E-state index in [0.717, 1.165) is 15.9 Å². The summed E-state index contributed by atoms with van der Waals surface area (Å²) >= 11 is 3.31. The lowest BCUT2D eigenvalue weighted by Crippen LogP contribution is -2.15. The van der Waals surface area contributed by atoms with Gasteiger partial charge in [0.1, 0.15) is 0 Å². The summed E-state index contributed by atoms with van der Waals surface area (Å²) < 4.78 is 0.842. The number of anilines is 2. The van der Waals surface area contributed by atoms with E-state index < -0.39 is 0 Å². The SMILES string of the molecule is Cc1ccc(NC(=O)c2ccc(Br)cc2N)c(C)n1. The van der Waals surface area contributed by atoms with Crippen molar-refractivity contribution in [2.75, 3.05) is 11.1 Å². The van der Waals surface area contributed by atoms with Crippen LogP contribution in [0.25, 0.3) is 0 Å². The molecule has 0 atom stereocenters. The third-order valence-electron chi connectivity index (χ3n) is 2.73. The molecule has 19 heavy (non-hydrogen) atoms. The minimum atomic E-state index is -0.237. The summed E-state index contributed by atoms with van der Waals surface area (Å²) in [5.41, 5.74) is 9.10. The van der Waals surface area contributed by atoms with E-state index in [1.54, 1.807) is 18.2 Å². The number of carbonyl (C=O) groups is 1. The van der Waals surface area contributed by atoms with E-state index in [4.69, 9.17) is 5.73 Å². The van der Waals surface area contributed by atoms with Crippen LogP contribution in [-0.2, 0) is 0 Å². The zero-order valence-corrected chi connectivity index (χ0v) is 12.3. The van der Waals surface area contributed by atoms with E-state index in [2.05, 4.69) is 26.2 Å². The Kier molecular flexibility index (Phi) is 3.85. The van der Waals surface area contributed by atoms with Crippen molar-refractivity contribution < 1.29 is 4.79 Å². The van der Waals surface area contributed by atoms with Gasteiger partial charge < -0.3 is 11.1 Å². The van der Waals surface area contributed by atoms with Crippen LogP contribution >= 0.6 is 15.9 Å². The van der Waals surface area contributed by atoms with Crippen molar-refractivity contribution in [3.05, 3.63) is 51.8 Å².